The molecule has 5 nitrogen and oxygen atoms in total. The van der Waals surface area contributed by atoms with E-state index in [0.29, 0.717) is 6.07 Å². The summed E-state index contributed by atoms with van der Waals surface area (Å²) in [4.78, 5) is 15.4. The molecule has 0 atom stereocenters. The average Bonchev–Trinajstić information content (AvgIpc) is 2.25. The monoisotopic (exact) mass is 292 g/mol. The third-order valence-corrected chi connectivity index (χ3v) is 2.46. The molecule has 8 heteroatoms. The first kappa shape index (κ1) is 16.1. The van der Waals surface area contributed by atoms with Crippen LogP contribution in [0.2, 0.25) is 0 Å². The molecular formula is C12H15F3N2O3. The number of nitrogens with zero attached hydrogens (tertiary/aromatic N) is 2. The first-order valence-electron chi connectivity index (χ1n) is 5.63. The molecule has 1 N–H and O–H groups in total. The highest BCUT2D eigenvalue weighted by molar-refractivity contribution is 5.89. The lowest BCUT2D eigenvalue weighted by Gasteiger charge is -2.34. The number of rotatable bonds is 2. The summed E-state index contributed by atoms with van der Waals surface area (Å²) in [7, 11) is 1.23. The maximum absolute atomic E-state index is 12.7. The summed E-state index contributed by atoms with van der Waals surface area (Å²) in [5, 5.41) is 9.24. The van der Waals surface area contributed by atoms with Crippen LogP contribution in [0.15, 0.2) is 12.3 Å². The number of carbonyl (C=O) groups is 1. The molecule has 0 aliphatic heterocycles. The Balaban J connectivity index is 3.50. The van der Waals surface area contributed by atoms with Crippen LogP contribution in [-0.4, -0.2) is 28.8 Å². The van der Waals surface area contributed by atoms with E-state index in [-0.39, 0.29) is 11.4 Å². The predicted molar refractivity (Wildman–Crippen MR) is 66.0 cm³/mol. The zero-order valence-electron chi connectivity index (χ0n) is 11.4. The van der Waals surface area contributed by atoms with Crippen LogP contribution in [0.3, 0.4) is 0 Å². The van der Waals surface area contributed by atoms with Crippen LogP contribution in [-0.2, 0) is 6.18 Å². The van der Waals surface area contributed by atoms with E-state index in [9.17, 15) is 23.1 Å². The van der Waals surface area contributed by atoms with Crippen molar-refractivity contribution in [1.82, 2.24) is 4.98 Å². The summed E-state index contributed by atoms with van der Waals surface area (Å²) in [5.74, 6) is -0.0460. The van der Waals surface area contributed by atoms with Crippen molar-refractivity contribution in [3.63, 3.8) is 0 Å². The second kappa shape index (κ2) is 5.18. The van der Waals surface area contributed by atoms with Gasteiger partial charge in [-0.3, -0.25) is 4.90 Å². The van der Waals surface area contributed by atoms with Crippen LogP contribution < -0.4 is 9.64 Å². The van der Waals surface area contributed by atoms with Gasteiger partial charge in [-0.05, 0) is 26.8 Å². The van der Waals surface area contributed by atoms with Crippen LogP contribution >= 0.6 is 0 Å². The van der Waals surface area contributed by atoms with E-state index < -0.39 is 23.5 Å². The molecule has 0 radical (unpaired) electrons. The number of carboxylic acid groups (broad SMARTS) is 1. The summed E-state index contributed by atoms with van der Waals surface area (Å²) in [6.45, 7) is 4.69. The van der Waals surface area contributed by atoms with E-state index in [0.717, 1.165) is 11.1 Å². The minimum Gasteiger partial charge on any atom is -0.493 e. The van der Waals surface area contributed by atoms with Crippen LogP contribution in [0.5, 0.6) is 5.75 Å². The fourth-order valence-corrected chi connectivity index (χ4v) is 1.67. The quantitative estimate of drug-likeness (QED) is 0.907. The van der Waals surface area contributed by atoms with Crippen molar-refractivity contribution in [3.05, 3.63) is 18.0 Å². The van der Waals surface area contributed by atoms with E-state index in [4.69, 9.17) is 4.74 Å². The van der Waals surface area contributed by atoms with Crippen molar-refractivity contribution < 1.29 is 27.8 Å². The maximum atomic E-state index is 12.7. The van der Waals surface area contributed by atoms with Gasteiger partial charge in [0.15, 0.2) is 5.75 Å². The third-order valence-electron chi connectivity index (χ3n) is 2.46. The number of pyridine rings is 1. The molecule has 0 saturated carbocycles. The van der Waals surface area contributed by atoms with E-state index in [1.165, 1.54) is 7.11 Å². The minimum atomic E-state index is -4.66. The molecule has 0 aliphatic rings. The number of ether oxygens (including phenoxy) is 1. The molecule has 0 saturated heterocycles. The molecule has 20 heavy (non-hydrogen) atoms. The summed E-state index contributed by atoms with van der Waals surface area (Å²) in [5.41, 5.74) is -2.32. The van der Waals surface area contributed by atoms with Gasteiger partial charge in [0.2, 0.25) is 0 Å². The number of anilines is 1. The highest BCUT2D eigenvalue weighted by atomic mass is 19.4. The summed E-state index contributed by atoms with van der Waals surface area (Å²) >= 11 is 0. The summed E-state index contributed by atoms with van der Waals surface area (Å²) in [6, 6.07) is 0.665. The van der Waals surface area contributed by atoms with Crippen molar-refractivity contribution in [2.75, 3.05) is 12.0 Å². The third kappa shape index (κ3) is 3.31. The molecule has 0 spiro atoms. The standard InChI is InChI=1S/C12H15F3N2O3/c1-11(2,3)17(10(18)19)7-5-9(12(13,14)15)16-6-8(7)20-4/h5-6H,1-4H3,(H,18,19). The molecule has 0 aromatic carbocycles. The van der Waals surface area contributed by atoms with Gasteiger partial charge in [-0.25, -0.2) is 9.78 Å². The molecule has 0 aliphatic carbocycles. The average molecular weight is 292 g/mol. The molecule has 0 bridgehead atoms. The number of hydrogen-bond donors (Lipinski definition) is 1. The highest BCUT2D eigenvalue weighted by Crippen LogP contribution is 2.37. The molecule has 0 unspecified atom stereocenters. The minimum absolute atomic E-state index is 0.0460. The van der Waals surface area contributed by atoms with Crippen LogP contribution in [0, 0.1) is 0 Å². The second-order valence-electron chi connectivity index (χ2n) is 5.03. The number of amides is 1. The van der Waals surface area contributed by atoms with Gasteiger partial charge >= 0.3 is 12.3 Å². The van der Waals surface area contributed by atoms with Crippen molar-refractivity contribution in [3.8, 4) is 5.75 Å². The molecule has 1 aromatic rings. The molecule has 112 valence electrons. The van der Waals surface area contributed by atoms with Crippen LogP contribution in [0.1, 0.15) is 26.5 Å². The summed E-state index contributed by atoms with van der Waals surface area (Å²) in [6.07, 6.45) is -5.18. The Morgan fingerprint density at radius 1 is 1.35 bits per heavy atom. The molecule has 1 heterocycles. The second-order valence-corrected chi connectivity index (χ2v) is 5.03. The largest absolute Gasteiger partial charge is 0.493 e. The molecule has 1 rings (SSSR count). The van der Waals surface area contributed by atoms with E-state index in [1.807, 2.05) is 0 Å². The van der Waals surface area contributed by atoms with Crippen molar-refractivity contribution in [1.29, 1.82) is 0 Å². The zero-order chi connectivity index (χ0) is 15.7. The van der Waals surface area contributed by atoms with Gasteiger partial charge in [-0.2, -0.15) is 13.2 Å². The van der Waals surface area contributed by atoms with Gasteiger partial charge in [0.25, 0.3) is 0 Å². The van der Waals surface area contributed by atoms with Crippen molar-refractivity contribution in [2.24, 2.45) is 0 Å². The number of aromatic nitrogens is 1. The topological polar surface area (TPSA) is 62.7 Å². The molecule has 1 amide bonds. The highest BCUT2D eigenvalue weighted by Gasteiger charge is 2.36. The Morgan fingerprint density at radius 3 is 2.25 bits per heavy atom. The molecule has 0 fully saturated rings. The Hall–Kier alpha value is -1.99. The Bertz CT molecular complexity index is 510. The van der Waals surface area contributed by atoms with Gasteiger partial charge in [-0.1, -0.05) is 0 Å². The van der Waals surface area contributed by atoms with Crippen LogP contribution in [0.4, 0.5) is 23.7 Å². The van der Waals surface area contributed by atoms with E-state index in [2.05, 4.69) is 4.98 Å². The maximum Gasteiger partial charge on any atom is 0.433 e. The van der Waals surface area contributed by atoms with E-state index >= 15 is 0 Å². The first-order chi connectivity index (χ1) is 8.98. The Morgan fingerprint density at radius 2 is 1.90 bits per heavy atom. The Kier molecular flexibility index (Phi) is 4.16. The number of methoxy groups -OCH3 is 1. The zero-order valence-corrected chi connectivity index (χ0v) is 11.4. The summed E-state index contributed by atoms with van der Waals surface area (Å²) < 4.78 is 43.0. The smallest absolute Gasteiger partial charge is 0.433 e. The fourth-order valence-electron chi connectivity index (χ4n) is 1.67. The van der Waals surface area contributed by atoms with Crippen LogP contribution in [0.25, 0.3) is 0 Å². The number of hydrogen-bond acceptors (Lipinski definition) is 3. The van der Waals surface area contributed by atoms with Gasteiger partial charge in [0.05, 0.1) is 19.0 Å². The van der Waals surface area contributed by atoms with Gasteiger partial charge < -0.3 is 9.84 Å². The lowest BCUT2D eigenvalue weighted by atomic mass is 10.1. The number of halogens is 3. The van der Waals surface area contributed by atoms with Crippen molar-refractivity contribution >= 4 is 11.8 Å². The fraction of sp³-hybridized carbons (Fsp3) is 0.500. The van der Waals surface area contributed by atoms with Gasteiger partial charge in [-0.15, -0.1) is 0 Å². The SMILES string of the molecule is COc1cnc(C(F)(F)F)cc1N(C(=O)O)C(C)(C)C. The lowest BCUT2D eigenvalue weighted by Crippen LogP contribution is -2.45. The predicted octanol–water partition coefficient (Wildman–Crippen LogP) is 3.39. The first-order valence-corrected chi connectivity index (χ1v) is 5.63. The lowest BCUT2D eigenvalue weighted by molar-refractivity contribution is -0.141. The van der Waals surface area contributed by atoms with E-state index in [1.54, 1.807) is 20.8 Å². The Labute approximate surface area is 114 Å². The van der Waals surface area contributed by atoms with Gasteiger partial charge in [0, 0.05) is 5.54 Å². The van der Waals surface area contributed by atoms with Crippen molar-refractivity contribution in [2.45, 2.75) is 32.5 Å². The molecular weight excluding hydrogens is 277 g/mol. The normalized spacial score (nSPS) is 12.2. The molecule has 1 aromatic heterocycles. The van der Waals surface area contributed by atoms with Gasteiger partial charge in [0.1, 0.15) is 5.69 Å². The number of alkyl halides is 3.